The van der Waals surface area contributed by atoms with Crippen LogP contribution in [0.15, 0.2) is 24.3 Å². The van der Waals surface area contributed by atoms with E-state index in [4.69, 9.17) is 11.6 Å². The van der Waals surface area contributed by atoms with Gasteiger partial charge in [0, 0.05) is 17.8 Å². The summed E-state index contributed by atoms with van der Waals surface area (Å²) in [6.07, 6.45) is -3.56. The third kappa shape index (κ3) is 3.80. The average Bonchev–Trinajstić information content (AvgIpc) is 2.83. The van der Waals surface area contributed by atoms with E-state index in [9.17, 15) is 13.2 Å². The highest BCUT2D eigenvalue weighted by Crippen LogP contribution is 2.32. The van der Waals surface area contributed by atoms with Crippen molar-refractivity contribution in [1.82, 2.24) is 9.78 Å². The number of aromatic nitrogens is 2. The first-order chi connectivity index (χ1) is 10.8. The minimum Gasteiger partial charge on any atom is -0.374 e. The summed E-state index contributed by atoms with van der Waals surface area (Å²) in [5, 5.41) is 7.48. The smallest absolute Gasteiger partial charge is 0.374 e. The maximum absolute atomic E-state index is 12.6. The first kappa shape index (κ1) is 17.7. The molecule has 0 bridgehead atoms. The Bertz CT molecular complexity index is 662. The number of aryl methyl sites for hydroxylation is 2. The lowest BCUT2D eigenvalue weighted by molar-refractivity contribution is -0.138. The summed E-state index contributed by atoms with van der Waals surface area (Å²) in [6.45, 7) is 5.70. The number of benzene rings is 1. The van der Waals surface area contributed by atoms with Crippen LogP contribution in [0.4, 0.5) is 18.9 Å². The Kier molecular flexibility index (Phi) is 5.24. The van der Waals surface area contributed by atoms with Crippen LogP contribution >= 0.6 is 11.6 Å². The monoisotopic (exact) mass is 345 g/mol. The van der Waals surface area contributed by atoms with Crippen LogP contribution < -0.4 is 5.32 Å². The number of hydrogen-bond donors (Lipinski definition) is 1. The predicted octanol–water partition coefficient (Wildman–Crippen LogP) is 5.15. The van der Waals surface area contributed by atoms with Gasteiger partial charge < -0.3 is 5.32 Å². The van der Waals surface area contributed by atoms with Crippen molar-refractivity contribution in [1.29, 1.82) is 0 Å². The Labute approximate surface area is 138 Å². The molecule has 0 amide bonds. The van der Waals surface area contributed by atoms with Gasteiger partial charge >= 0.3 is 6.18 Å². The molecule has 0 aliphatic rings. The van der Waals surface area contributed by atoms with Crippen LogP contribution in [0.3, 0.4) is 0 Å². The molecule has 3 nitrogen and oxygen atoms in total. The van der Waals surface area contributed by atoms with Gasteiger partial charge in [-0.2, -0.15) is 18.3 Å². The molecule has 1 aromatic carbocycles. The number of alkyl halides is 3. The minimum atomic E-state index is -4.28. The third-order valence-electron chi connectivity index (χ3n) is 3.63. The average molecular weight is 346 g/mol. The normalized spacial score (nSPS) is 13.2. The van der Waals surface area contributed by atoms with Crippen molar-refractivity contribution in [3.63, 3.8) is 0 Å². The number of rotatable bonds is 5. The van der Waals surface area contributed by atoms with Crippen molar-refractivity contribution in [2.75, 3.05) is 5.32 Å². The van der Waals surface area contributed by atoms with Crippen molar-refractivity contribution < 1.29 is 13.2 Å². The summed E-state index contributed by atoms with van der Waals surface area (Å²) in [6, 6.07) is 5.13. The summed E-state index contributed by atoms with van der Waals surface area (Å²) < 4.78 is 39.6. The Morgan fingerprint density at radius 2 is 1.83 bits per heavy atom. The molecule has 0 unspecified atom stereocenters. The highest BCUT2D eigenvalue weighted by molar-refractivity contribution is 6.33. The zero-order valence-electron chi connectivity index (χ0n) is 13.2. The highest BCUT2D eigenvalue weighted by atomic mass is 35.5. The molecule has 23 heavy (non-hydrogen) atoms. The Morgan fingerprint density at radius 1 is 1.22 bits per heavy atom. The first-order valence-electron chi connectivity index (χ1n) is 7.46. The molecular weight excluding hydrogens is 327 g/mol. The summed E-state index contributed by atoms with van der Waals surface area (Å²) in [4.78, 5) is 0. The Hall–Kier alpha value is -1.69. The lowest BCUT2D eigenvalue weighted by Gasteiger charge is -2.18. The van der Waals surface area contributed by atoms with E-state index in [1.54, 1.807) is 24.3 Å². The fourth-order valence-electron chi connectivity index (χ4n) is 2.28. The topological polar surface area (TPSA) is 29.9 Å². The number of anilines is 1. The molecule has 7 heteroatoms. The second kappa shape index (κ2) is 6.83. The van der Waals surface area contributed by atoms with E-state index in [-0.39, 0.29) is 0 Å². The molecule has 1 atom stereocenters. The first-order valence-corrected chi connectivity index (χ1v) is 7.84. The maximum Gasteiger partial charge on any atom is 0.408 e. The van der Waals surface area contributed by atoms with E-state index in [0.29, 0.717) is 17.3 Å². The molecule has 2 rings (SSSR count). The SMILES string of the molecule is CCc1nn(CC)c(-c2ccc(N[C@H](C)C(F)(F)F)cc2)c1Cl. The van der Waals surface area contributed by atoms with Gasteiger partial charge in [-0.3, -0.25) is 4.68 Å². The fourth-order valence-corrected chi connectivity index (χ4v) is 2.65. The maximum atomic E-state index is 12.6. The van der Waals surface area contributed by atoms with E-state index in [0.717, 1.165) is 30.3 Å². The van der Waals surface area contributed by atoms with Crippen molar-refractivity contribution in [2.24, 2.45) is 0 Å². The van der Waals surface area contributed by atoms with Crippen LogP contribution in [0.5, 0.6) is 0 Å². The quantitative estimate of drug-likeness (QED) is 0.812. The van der Waals surface area contributed by atoms with E-state index in [1.165, 1.54) is 0 Å². The third-order valence-corrected chi connectivity index (χ3v) is 4.02. The molecule has 1 aromatic heterocycles. The second-order valence-corrected chi connectivity index (χ2v) is 5.64. The van der Waals surface area contributed by atoms with Gasteiger partial charge in [0.05, 0.1) is 16.4 Å². The second-order valence-electron chi connectivity index (χ2n) is 5.26. The standard InChI is InChI=1S/C16H19ClF3N3/c1-4-13-14(17)15(23(5-2)22-13)11-6-8-12(9-7-11)21-10(3)16(18,19)20/h6-10,21H,4-5H2,1-3H3/t10-/m1/s1. The molecule has 1 heterocycles. The van der Waals surface area contributed by atoms with Gasteiger partial charge in [0.25, 0.3) is 0 Å². The molecule has 0 spiro atoms. The Balaban J connectivity index is 2.28. The summed E-state index contributed by atoms with van der Waals surface area (Å²) in [7, 11) is 0. The van der Waals surface area contributed by atoms with E-state index < -0.39 is 12.2 Å². The van der Waals surface area contributed by atoms with Crippen LogP contribution in [-0.2, 0) is 13.0 Å². The predicted molar refractivity (Wildman–Crippen MR) is 86.9 cm³/mol. The summed E-state index contributed by atoms with van der Waals surface area (Å²) in [5.74, 6) is 0. The number of hydrogen-bond acceptors (Lipinski definition) is 2. The molecule has 126 valence electrons. The molecule has 1 N–H and O–H groups in total. The zero-order chi connectivity index (χ0) is 17.2. The van der Waals surface area contributed by atoms with Crippen LogP contribution in [-0.4, -0.2) is 22.0 Å². The molecule has 0 saturated heterocycles. The largest absolute Gasteiger partial charge is 0.408 e. The van der Waals surface area contributed by atoms with Crippen LogP contribution in [0, 0.1) is 0 Å². The lowest BCUT2D eigenvalue weighted by Crippen LogP contribution is -2.32. The lowest BCUT2D eigenvalue weighted by atomic mass is 10.1. The van der Waals surface area contributed by atoms with Gasteiger partial charge in [-0.1, -0.05) is 30.7 Å². The zero-order valence-corrected chi connectivity index (χ0v) is 14.0. The van der Waals surface area contributed by atoms with Crippen molar-refractivity contribution in [3.8, 4) is 11.3 Å². The molecule has 0 aliphatic carbocycles. The van der Waals surface area contributed by atoms with Crippen molar-refractivity contribution in [2.45, 2.75) is 46.0 Å². The highest BCUT2D eigenvalue weighted by Gasteiger charge is 2.35. The number of nitrogens with one attached hydrogen (secondary N) is 1. The van der Waals surface area contributed by atoms with E-state index >= 15 is 0 Å². The molecule has 0 radical (unpaired) electrons. The van der Waals surface area contributed by atoms with Crippen molar-refractivity contribution >= 4 is 17.3 Å². The van der Waals surface area contributed by atoms with Gasteiger partial charge in [0.15, 0.2) is 0 Å². The molecule has 0 aliphatic heterocycles. The fraction of sp³-hybridized carbons (Fsp3) is 0.438. The van der Waals surface area contributed by atoms with Crippen LogP contribution in [0.25, 0.3) is 11.3 Å². The molecule has 2 aromatic rings. The van der Waals surface area contributed by atoms with Crippen molar-refractivity contribution in [3.05, 3.63) is 35.0 Å². The molecule has 0 fully saturated rings. The van der Waals surface area contributed by atoms with Crippen LogP contribution in [0.1, 0.15) is 26.5 Å². The number of nitrogens with zero attached hydrogens (tertiary/aromatic N) is 2. The van der Waals surface area contributed by atoms with Gasteiger partial charge in [-0.15, -0.1) is 0 Å². The van der Waals surface area contributed by atoms with Crippen LogP contribution in [0.2, 0.25) is 5.02 Å². The Morgan fingerprint density at radius 3 is 2.30 bits per heavy atom. The molecular formula is C16H19ClF3N3. The van der Waals surface area contributed by atoms with E-state index in [2.05, 4.69) is 10.4 Å². The summed E-state index contributed by atoms with van der Waals surface area (Å²) >= 11 is 6.38. The minimum absolute atomic E-state index is 0.410. The van der Waals surface area contributed by atoms with Gasteiger partial charge in [0.1, 0.15) is 6.04 Å². The summed E-state index contributed by atoms with van der Waals surface area (Å²) in [5.41, 5.74) is 2.85. The number of halogens is 4. The van der Waals surface area contributed by atoms with Gasteiger partial charge in [0.2, 0.25) is 0 Å². The molecule has 0 saturated carbocycles. The van der Waals surface area contributed by atoms with E-state index in [1.807, 2.05) is 18.5 Å². The van der Waals surface area contributed by atoms with Gasteiger partial charge in [-0.25, -0.2) is 0 Å². The van der Waals surface area contributed by atoms with Gasteiger partial charge in [-0.05, 0) is 32.4 Å².